The molecule has 2 rings (SSSR count). The van der Waals surface area contributed by atoms with Gasteiger partial charge in [0.2, 0.25) is 0 Å². The van der Waals surface area contributed by atoms with Gasteiger partial charge in [-0.3, -0.25) is 0 Å². The highest BCUT2D eigenvalue weighted by atomic mass is 15.2. The van der Waals surface area contributed by atoms with Crippen LogP contribution in [-0.4, -0.2) is 44.7 Å². The molecule has 3 heteroatoms. The Hall–Kier alpha value is -1.06. The van der Waals surface area contributed by atoms with Gasteiger partial charge in [0.25, 0.3) is 0 Å². The molecular formula is C18H31N3. The minimum absolute atomic E-state index is 0.674. The summed E-state index contributed by atoms with van der Waals surface area (Å²) in [5.74, 6) is 0.698. The predicted molar refractivity (Wildman–Crippen MR) is 91.9 cm³/mol. The molecule has 0 radical (unpaired) electrons. The van der Waals surface area contributed by atoms with Crippen LogP contribution >= 0.6 is 0 Å². The van der Waals surface area contributed by atoms with Gasteiger partial charge in [-0.25, -0.2) is 0 Å². The van der Waals surface area contributed by atoms with Crippen molar-refractivity contribution in [3.8, 4) is 0 Å². The predicted octanol–water partition coefficient (Wildman–Crippen LogP) is 2.96. The molecule has 1 saturated heterocycles. The highest BCUT2D eigenvalue weighted by molar-refractivity contribution is 5.53. The summed E-state index contributed by atoms with van der Waals surface area (Å²) >= 11 is 0. The molecule has 0 aromatic heterocycles. The average molecular weight is 289 g/mol. The normalized spacial score (nSPS) is 17.4. The van der Waals surface area contributed by atoms with Crippen LogP contribution in [0.25, 0.3) is 0 Å². The van der Waals surface area contributed by atoms with Gasteiger partial charge in [0.05, 0.1) is 0 Å². The summed E-state index contributed by atoms with van der Waals surface area (Å²) < 4.78 is 0. The number of para-hydroxylation sites is 1. The number of anilines is 1. The van der Waals surface area contributed by atoms with Gasteiger partial charge < -0.3 is 15.1 Å². The van der Waals surface area contributed by atoms with Gasteiger partial charge in [-0.1, -0.05) is 32.0 Å². The van der Waals surface area contributed by atoms with E-state index >= 15 is 0 Å². The van der Waals surface area contributed by atoms with Crippen LogP contribution in [0.5, 0.6) is 0 Å². The average Bonchev–Trinajstić information content (AvgIpc) is 2.47. The monoisotopic (exact) mass is 289 g/mol. The topological polar surface area (TPSA) is 18.5 Å². The molecule has 1 aliphatic heterocycles. The van der Waals surface area contributed by atoms with Crippen LogP contribution in [0, 0.1) is 5.92 Å². The van der Waals surface area contributed by atoms with Crippen molar-refractivity contribution < 1.29 is 0 Å². The Morgan fingerprint density at radius 2 is 1.90 bits per heavy atom. The fraction of sp³-hybridized carbons (Fsp3) is 0.667. The minimum Gasteiger partial charge on any atom is -0.371 e. The Labute approximate surface area is 130 Å². The number of rotatable bonds is 6. The molecule has 0 aliphatic carbocycles. The van der Waals surface area contributed by atoms with Crippen LogP contribution in [0.15, 0.2) is 24.3 Å². The van der Waals surface area contributed by atoms with Crippen LogP contribution in [0.4, 0.5) is 5.69 Å². The van der Waals surface area contributed by atoms with Crippen molar-refractivity contribution in [2.75, 3.05) is 38.6 Å². The zero-order chi connectivity index (χ0) is 15.2. The minimum atomic E-state index is 0.674. The van der Waals surface area contributed by atoms with E-state index < -0.39 is 0 Å². The largest absolute Gasteiger partial charge is 0.371 e. The van der Waals surface area contributed by atoms with Crippen molar-refractivity contribution in [3.05, 3.63) is 29.8 Å². The zero-order valence-corrected chi connectivity index (χ0v) is 14.1. The van der Waals surface area contributed by atoms with E-state index in [1.165, 1.54) is 37.2 Å². The summed E-state index contributed by atoms with van der Waals surface area (Å²) in [5.41, 5.74) is 2.81. The summed E-state index contributed by atoms with van der Waals surface area (Å²) in [6, 6.07) is 9.51. The number of hydrogen-bond donors (Lipinski definition) is 1. The molecule has 0 unspecified atom stereocenters. The number of nitrogens with one attached hydrogen (secondary N) is 1. The number of likely N-dealkylation sites (tertiary alicyclic amines) is 1. The number of piperidine rings is 1. The summed E-state index contributed by atoms with van der Waals surface area (Å²) in [5, 5.41) is 3.57. The van der Waals surface area contributed by atoms with E-state index in [0.717, 1.165) is 13.1 Å². The second kappa shape index (κ2) is 7.81. The van der Waals surface area contributed by atoms with E-state index in [0.29, 0.717) is 12.0 Å². The van der Waals surface area contributed by atoms with E-state index in [4.69, 9.17) is 0 Å². The maximum Gasteiger partial charge on any atom is 0.0411 e. The smallest absolute Gasteiger partial charge is 0.0411 e. The van der Waals surface area contributed by atoms with Crippen molar-refractivity contribution >= 4 is 5.69 Å². The molecule has 118 valence electrons. The van der Waals surface area contributed by atoms with E-state index in [1.54, 1.807) is 0 Å². The second-order valence-corrected chi connectivity index (χ2v) is 6.80. The standard InChI is InChI=1S/C18H31N3/c1-15(2)13-19-14-16-7-5-6-8-18(16)21(4)17-9-11-20(3)12-10-17/h5-8,15,17,19H,9-14H2,1-4H3. The van der Waals surface area contributed by atoms with Gasteiger partial charge in [-0.2, -0.15) is 0 Å². The maximum atomic E-state index is 3.57. The van der Waals surface area contributed by atoms with E-state index in [2.05, 4.69) is 67.3 Å². The van der Waals surface area contributed by atoms with Gasteiger partial charge in [0.15, 0.2) is 0 Å². The fourth-order valence-corrected chi connectivity index (χ4v) is 3.08. The molecule has 0 atom stereocenters. The molecule has 1 aromatic carbocycles. The van der Waals surface area contributed by atoms with Crippen LogP contribution < -0.4 is 10.2 Å². The third kappa shape index (κ3) is 4.72. The lowest BCUT2D eigenvalue weighted by molar-refractivity contribution is 0.252. The molecule has 0 amide bonds. The lowest BCUT2D eigenvalue weighted by Gasteiger charge is -2.37. The lowest BCUT2D eigenvalue weighted by Crippen LogP contribution is -2.42. The first-order chi connectivity index (χ1) is 10.1. The molecule has 1 fully saturated rings. The van der Waals surface area contributed by atoms with Crippen LogP contribution in [-0.2, 0) is 6.54 Å². The Bertz CT molecular complexity index is 422. The van der Waals surface area contributed by atoms with Gasteiger partial charge in [-0.15, -0.1) is 0 Å². The number of nitrogens with zero attached hydrogens (tertiary/aromatic N) is 2. The molecule has 1 heterocycles. The van der Waals surface area contributed by atoms with Gasteiger partial charge >= 0.3 is 0 Å². The Kier molecular flexibility index (Phi) is 6.07. The molecule has 0 bridgehead atoms. The maximum absolute atomic E-state index is 3.57. The van der Waals surface area contributed by atoms with E-state index in [-0.39, 0.29) is 0 Å². The molecule has 1 aliphatic rings. The van der Waals surface area contributed by atoms with Crippen LogP contribution in [0.2, 0.25) is 0 Å². The van der Waals surface area contributed by atoms with Crippen molar-refractivity contribution in [1.29, 1.82) is 0 Å². The van der Waals surface area contributed by atoms with Crippen LogP contribution in [0.3, 0.4) is 0 Å². The van der Waals surface area contributed by atoms with Gasteiger partial charge in [0.1, 0.15) is 0 Å². The summed E-state index contributed by atoms with van der Waals surface area (Å²) in [6.07, 6.45) is 2.53. The molecule has 0 saturated carbocycles. The molecular weight excluding hydrogens is 258 g/mol. The molecule has 3 nitrogen and oxygen atoms in total. The van der Waals surface area contributed by atoms with Crippen molar-refractivity contribution in [3.63, 3.8) is 0 Å². The molecule has 21 heavy (non-hydrogen) atoms. The summed E-state index contributed by atoms with van der Waals surface area (Å²) in [7, 11) is 4.48. The number of benzene rings is 1. The Morgan fingerprint density at radius 3 is 2.57 bits per heavy atom. The van der Waals surface area contributed by atoms with Gasteiger partial charge in [0, 0.05) is 25.3 Å². The fourth-order valence-electron chi connectivity index (χ4n) is 3.08. The highest BCUT2D eigenvalue weighted by Gasteiger charge is 2.21. The van der Waals surface area contributed by atoms with E-state index in [1.807, 2.05) is 0 Å². The van der Waals surface area contributed by atoms with Crippen molar-refractivity contribution in [1.82, 2.24) is 10.2 Å². The third-order valence-electron chi connectivity index (χ3n) is 4.48. The molecule has 1 N–H and O–H groups in total. The van der Waals surface area contributed by atoms with Crippen molar-refractivity contribution in [2.45, 2.75) is 39.3 Å². The third-order valence-corrected chi connectivity index (χ3v) is 4.48. The summed E-state index contributed by atoms with van der Waals surface area (Å²) in [6.45, 7) is 8.97. The highest BCUT2D eigenvalue weighted by Crippen LogP contribution is 2.25. The first-order valence-electron chi connectivity index (χ1n) is 8.28. The SMILES string of the molecule is CC(C)CNCc1ccccc1N(C)C1CCN(C)CC1. The first-order valence-corrected chi connectivity index (χ1v) is 8.28. The first kappa shape index (κ1) is 16.3. The second-order valence-electron chi connectivity index (χ2n) is 6.80. The molecule has 1 aromatic rings. The van der Waals surface area contributed by atoms with E-state index in [9.17, 15) is 0 Å². The quantitative estimate of drug-likeness (QED) is 0.868. The Morgan fingerprint density at radius 1 is 1.24 bits per heavy atom. The van der Waals surface area contributed by atoms with Crippen molar-refractivity contribution in [2.24, 2.45) is 5.92 Å². The lowest BCUT2D eigenvalue weighted by atomic mass is 10.0. The van der Waals surface area contributed by atoms with Crippen LogP contribution in [0.1, 0.15) is 32.3 Å². The summed E-state index contributed by atoms with van der Waals surface area (Å²) in [4.78, 5) is 4.93. The van der Waals surface area contributed by atoms with Gasteiger partial charge in [-0.05, 0) is 57.1 Å². The number of hydrogen-bond acceptors (Lipinski definition) is 3. The zero-order valence-electron chi connectivity index (χ0n) is 14.1. The molecule has 0 spiro atoms. The Balaban J connectivity index is 2.01.